The molecule has 7 heteroatoms. The molecule has 0 aliphatic carbocycles. The third kappa shape index (κ3) is 6.97. The van der Waals surface area contributed by atoms with E-state index in [0.717, 1.165) is 5.56 Å². The van der Waals surface area contributed by atoms with Crippen molar-refractivity contribution in [1.82, 2.24) is 9.80 Å². The smallest absolute Gasteiger partial charge is 0.254 e. The fraction of sp³-hybridized carbons (Fsp3) is 0.280. The minimum Gasteiger partial charge on any atom is -0.467 e. The van der Waals surface area contributed by atoms with Crippen LogP contribution in [0.5, 0.6) is 0 Å². The summed E-state index contributed by atoms with van der Waals surface area (Å²) in [5, 5.41) is 0.552. The second kappa shape index (κ2) is 12.1. The first-order valence-electron chi connectivity index (χ1n) is 10.4. The fourth-order valence-electron chi connectivity index (χ4n) is 3.32. The molecule has 6 nitrogen and oxygen atoms in total. The van der Waals surface area contributed by atoms with Crippen LogP contribution in [0.15, 0.2) is 77.4 Å². The molecule has 168 valence electrons. The van der Waals surface area contributed by atoms with Crippen LogP contribution in [0.3, 0.4) is 0 Å². The lowest BCUT2D eigenvalue weighted by Crippen LogP contribution is -2.43. The van der Waals surface area contributed by atoms with Crippen molar-refractivity contribution in [3.8, 4) is 0 Å². The van der Waals surface area contributed by atoms with Crippen molar-refractivity contribution in [2.24, 2.45) is 0 Å². The van der Waals surface area contributed by atoms with Gasteiger partial charge in [0.25, 0.3) is 5.91 Å². The first-order valence-corrected chi connectivity index (χ1v) is 10.8. The zero-order chi connectivity index (χ0) is 22.8. The SMILES string of the molecule is COCCCN(CC(=O)N(Cc1ccccc1)Cc1ccco1)C(=O)c1ccc(Cl)cc1. The molecule has 1 aromatic heterocycles. The zero-order valence-corrected chi connectivity index (χ0v) is 18.8. The van der Waals surface area contributed by atoms with Crippen LogP contribution in [0.2, 0.25) is 5.02 Å². The van der Waals surface area contributed by atoms with E-state index in [0.29, 0.717) is 49.0 Å². The van der Waals surface area contributed by atoms with Gasteiger partial charge >= 0.3 is 0 Å². The Kier molecular flexibility index (Phi) is 8.90. The molecule has 1 heterocycles. The molecule has 2 amide bonds. The Hall–Kier alpha value is -3.09. The molecule has 2 aromatic carbocycles. The summed E-state index contributed by atoms with van der Waals surface area (Å²) in [5.41, 5.74) is 1.49. The molecule has 0 spiro atoms. The van der Waals surface area contributed by atoms with Crippen LogP contribution >= 0.6 is 11.6 Å². The third-order valence-corrected chi connectivity index (χ3v) is 5.23. The molecule has 0 radical (unpaired) electrons. The Morgan fingerprint density at radius 2 is 1.69 bits per heavy atom. The standard InChI is InChI=1S/C25H27ClN2O4/c1-31-15-6-14-27(25(30)21-10-12-22(26)13-11-21)19-24(29)28(18-23-9-5-16-32-23)17-20-7-3-2-4-8-20/h2-5,7-13,16H,6,14-15,17-19H2,1H3. The Bertz CT molecular complexity index is 975. The van der Waals surface area contributed by atoms with Crippen molar-refractivity contribution in [3.05, 3.63) is 94.9 Å². The van der Waals surface area contributed by atoms with Crippen molar-refractivity contribution in [1.29, 1.82) is 0 Å². The zero-order valence-electron chi connectivity index (χ0n) is 18.1. The predicted octanol–water partition coefficient (Wildman–Crippen LogP) is 4.64. The van der Waals surface area contributed by atoms with Crippen molar-refractivity contribution < 1.29 is 18.7 Å². The van der Waals surface area contributed by atoms with Crippen molar-refractivity contribution in [3.63, 3.8) is 0 Å². The lowest BCUT2D eigenvalue weighted by molar-refractivity contribution is -0.133. The van der Waals surface area contributed by atoms with Crippen LogP contribution in [-0.2, 0) is 22.6 Å². The number of rotatable bonds is 11. The summed E-state index contributed by atoms with van der Waals surface area (Å²) >= 11 is 5.96. The van der Waals surface area contributed by atoms with Gasteiger partial charge in [-0.15, -0.1) is 0 Å². The Balaban J connectivity index is 1.77. The van der Waals surface area contributed by atoms with Crippen LogP contribution in [0.4, 0.5) is 0 Å². The average Bonchev–Trinajstić information content (AvgIpc) is 3.32. The molecule has 0 atom stereocenters. The summed E-state index contributed by atoms with van der Waals surface area (Å²) in [7, 11) is 1.61. The molecule has 0 N–H and O–H groups in total. The van der Waals surface area contributed by atoms with Gasteiger partial charge in [0, 0.05) is 37.4 Å². The summed E-state index contributed by atoms with van der Waals surface area (Å²) in [5.74, 6) is 0.304. The summed E-state index contributed by atoms with van der Waals surface area (Å²) in [4.78, 5) is 29.7. The molecule has 3 rings (SSSR count). The van der Waals surface area contributed by atoms with Gasteiger partial charge in [-0.1, -0.05) is 41.9 Å². The number of amides is 2. The van der Waals surface area contributed by atoms with Gasteiger partial charge in [-0.05, 0) is 48.4 Å². The number of hydrogen-bond acceptors (Lipinski definition) is 4. The lowest BCUT2D eigenvalue weighted by Gasteiger charge is -2.27. The van der Waals surface area contributed by atoms with Crippen LogP contribution < -0.4 is 0 Å². The normalized spacial score (nSPS) is 10.7. The van der Waals surface area contributed by atoms with Gasteiger partial charge in [0.2, 0.25) is 5.91 Å². The molecule has 0 unspecified atom stereocenters. The van der Waals surface area contributed by atoms with Gasteiger partial charge in [0.15, 0.2) is 0 Å². The molecule has 0 saturated heterocycles. The third-order valence-electron chi connectivity index (χ3n) is 4.98. The largest absolute Gasteiger partial charge is 0.467 e. The molecular weight excluding hydrogens is 428 g/mol. The highest BCUT2D eigenvalue weighted by Gasteiger charge is 2.23. The number of methoxy groups -OCH3 is 1. The first kappa shape index (κ1) is 23.6. The Labute approximate surface area is 193 Å². The molecule has 0 saturated carbocycles. The second-order valence-corrected chi connectivity index (χ2v) is 7.83. The minimum absolute atomic E-state index is 0.0429. The molecule has 0 fully saturated rings. The van der Waals surface area contributed by atoms with E-state index in [-0.39, 0.29) is 18.4 Å². The van der Waals surface area contributed by atoms with Crippen molar-refractivity contribution in [2.75, 3.05) is 26.8 Å². The fourth-order valence-corrected chi connectivity index (χ4v) is 3.44. The Morgan fingerprint density at radius 3 is 2.34 bits per heavy atom. The van der Waals surface area contributed by atoms with E-state index >= 15 is 0 Å². The van der Waals surface area contributed by atoms with E-state index in [9.17, 15) is 9.59 Å². The first-order chi connectivity index (χ1) is 15.6. The summed E-state index contributed by atoms with van der Waals surface area (Å²) in [6.45, 7) is 1.60. The lowest BCUT2D eigenvalue weighted by atomic mass is 10.2. The summed E-state index contributed by atoms with van der Waals surface area (Å²) < 4.78 is 10.6. The number of carbonyl (C=O) groups is 2. The number of nitrogens with zero attached hydrogens (tertiary/aromatic N) is 2. The van der Waals surface area contributed by atoms with Gasteiger partial charge in [0.1, 0.15) is 12.3 Å². The highest BCUT2D eigenvalue weighted by Crippen LogP contribution is 2.15. The summed E-state index contributed by atoms with van der Waals surface area (Å²) in [6, 6.07) is 20.1. The van der Waals surface area contributed by atoms with Gasteiger partial charge in [-0.3, -0.25) is 9.59 Å². The minimum atomic E-state index is -0.219. The quantitative estimate of drug-likeness (QED) is 0.396. The number of benzene rings is 2. The van der Waals surface area contributed by atoms with E-state index in [1.807, 2.05) is 36.4 Å². The highest BCUT2D eigenvalue weighted by molar-refractivity contribution is 6.30. The molecule has 0 aliphatic heterocycles. The summed E-state index contributed by atoms with van der Waals surface area (Å²) in [6.07, 6.45) is 2.21. The number of halogens is 1. The topological polar surface area (TPSA) is 63.0 Å². The van der Waals surface area contributed by atoms with E-state index in [2.05, 4.69) is 0 Å². The number of carbonyl (C=O) groups excluding carboxylic acids is 2. The monoisotopic (exact) mass is 454 g/mol. The molecule has 0 bridgehead atoms. The van der Waals surface area contributed by atoms with Gasteiger partial charge < -0.3 is 19.0 Å². The van der Waals surface area contributed by atoms with Crippen LogP contribution in [0.1, 0.15) is 28.1 Å². The van der Waals surface area contributed by atoms with Crippen LogP contribution in [-0.4, -0.2) is 48.4 Å². The number of ether oxygens (including phenoxy) is 1. The highest BCUT2D eigenvalue weighted by atomic mass is 35.5. The van der Waals surface area contributed by atoms with E-state index in [4.69, 9.17) is 20.8 Å². The predicted molar refractivity (Wildman–Crippen MR) is 123 cm³/mol. The average molecular weight is 455 g/mol. The number of hydrogen-bond donors (Lipinski definition) is 0. The number of furan rings is 1. The van der Waals surface area contributed by atoms with Gasteiger partial charge in [0.05, 0.1) is 12.8 Å². The van der Waals surface area contributed by atoms with E-state index < -0.39 is 0 Å². The molecular formula is C25H27ClN2O4. The Morgan fingerprint density at radius 1 is 0.938 bits per heavy atom. The maximum Gasteiger partial charge on any atom is 0.254 e. The van der Waals surface area contributed by atoms with Crippen molar-refractivity contribution >= 4 is 23.4 Å². The van der Waals surface area contributed by atoms with E-state index in [1.54, 1.807) is 53.5 Å². The van der Waals surface area contributed by atoms with Crippen LogP contribution in [0, 0.1) is 0 Å². The second-order valence-electron chi connectivity index (χ2n) is 7.39. The maximum absolute atomic E-state index is 13.3. The van der Waals surface area contributed by atoms with Crippen LogP contribution in [0.25, 0.3) is 0 Å². The molecule has 0 aliphatic rings. The van der Waals surface area contributed by atoms with Gasteiger partial charge in [-0.25, -0.2) is 0 Å². The maximum atomic E-state index is 13.3. The van der Waals surface area contributed by atoms with Crippen molar-refractivity contribution in [2.45, 2.75) is 19.5 Å². The van der Waals surface area contributed by atoms with E-state index in [1.165, 1.54) is 0 Å². The molecule has 3 aromatic rings. The molecule has 32 heavy (non-hydrogen) atoms. The van der Waals surface area contributed by atoms with Gasteiger partial charge in [-0.2, -0.15) is 0 Å².